The maximum atomic E-state index is 12.1. The third kappa shape index (κ3) is 4.59. The second-order valence-corrected chi connectivity index (χ2v) is 6.20. The SMILES string of the molecule is O=C(NN=C1CCCC1)c1ccc(COc2ccc(Cl)cc2)cc1. The molecule has 0 heterocycles. The van der Waals surface area contributed by atoms with E-state index in [2.05, 4.69) is 10.5 Å². The molecule has 1 saturated carbocycles. The second kappa shape index (κ2) is 7.97. The van der Waals surface area contributed by atoms with E-state index in [4.69, 9.17) is 16.3 Å². The van der Waals surface area contributed by atoms with Crippen LogP contribution < -0.4 is 10.2 Å². The van der Waals surface area contributed by atoms with Crippen molar-refractivity contribution in [3.63, 3.8) is 0 Å². The van der Waals surface area contributed by atoms with E-state index in [1.54, 1.807) is 24.3 Å². The van der Waals surface area contributed by atoms with Crippen molar-refractivity contribution in [3.05, 3.63) is 64.7 Å². The van der Waals surface area contributed by atoms with Gasteiger partial charge >= 0.3 is 0 Å². The molecule has 2 aromatic carbocycles. The Kier molecular flexibility index (Phi) is 5.49. The highest BCUT2D eigenvalue weighted by atomic mass is 35.5. The first-order valence-electron chi connectivity index (χ1n) is 8.04. The highest BCUT2D eigenvalue weighted by molar-refractivity contribution is 6.30. The highest BCUT2D eigenvalue weighted by Gasteiger charge is 2.10. The van der Waals surface area contributed by atoms with Crippen LogP contribution in [0.4, 0.5) is 0 Å². The van der Waals surface area contributed by atoms with Gasteiger partial charge < -0.3 is 4.74 Å². The van der Waals surface area contributed by atoms with Crippen LogP contribution >= 0.6 is 11.6 Å². The number of amides is 1. The van der Waals surface area contributed by atoms with Crippen molar-refractivity contribution in [2.24, 2.45) is 5.10 Å². The molecule has 1 amide bonds. The third-order valence-corrected chi connectivity index (χ3v) is 4.18. The molecular formula is C19H19ClN2O2. The van der Waals surface area contributed by atoms with Crippen LogP contribution in [0.25, 0.3) is 0 Å². The summed E-state index contributed by atoms with van der Waals surface area (Å²) in [7, 11) is 0. The zero-order valence-corrected chi connectivity index (χ0v) is 14.1. The average molecular weight is 343 g/mol. The van der Waals surface area contributed by atoms with Gasteiger partial charge in [-0.15, -0.1) is 0 Å². The van der Waals surface area contributed by atoms with Gasteiger partial charge in [-0.25, -0.2) is 5.43 Å². The van der Waals surface area contributed by atoms with Crippen LogP contribution in [-0.4, -0.2) is 11.6 Å². The minimum atomic E-state index is -0.181. The lowest BCUT2D eigenvalue weighted by molar-refractivity contribution is 0.0954. The summed E-state index contributed by atoms with van der Waals surface area (Å²) < 4.78 is 5.68. The Balaban J connectivity index is 1.53. The zero-order valence-electron chi connectivity index (χ0n) is 13.3. The van der Waals surface area contributed by atoms with Gasteiger partial charge in [0.1, 0.15) is 12.4 Å². The van der Waals surface area contributed by atoms with E-state index in [-0.39, 0.29) is 5.91 Å². The Bertz CT molecular complexity index is 716. The molecule has 2 aromatic rings. The van der Waals surface area contributed by atoms with E-state index in [1.807, 2.05) is 24.3 Å². The number of nitrogens with one attached hydrogen (secondary N) is 1. The number of carbonyl (C=O) groups excluding carboxylic acids is 1. The van der Waals surface area contributed by atoms with Crippen molar-refractivity contribution < 1.29 is 9.53 Å². The molecule has 0 aliphatic heterocycles. The van der Waals surface area contributed by atoms with E-state index in [0.29, 0.717) is 17.2 Å². The summed E-state index contributed by atoms with van der Waals surface area (Å²) in [5, 5.41) is 4.87. The van der Waals surface area contributed by atoms with Crippen molar-refractivity contribution in [2.75, 3.05) is 0 Å². The number of hydrazone groups is 1. The molecule has 1 aliphatic carbocycles. The molecule has 3 rings (SSSR count). The molecule has 5 heteroatoms. The lowest BCUT2D eigenvalue weighted by Gasteiger charge is -2.07. The summed E-state index contributed by atoms with van der Waals surface area (Å²) in [6, 6.07) is 14.6. The molecule has 0 radical (unpaired) electrons. The Labute approximate surface area is 146 Å². The Morgan fingerprint density at radius 3 is 2.38 bits per heavy atom. The highest BCUT2D eigenvalue weighted by Crippen LogP contribution is 2.17. The molecular weight excluding hydrogens is 324 g/mol. The maximum Gasteiger partial charge on any atom is 0.271 e. The molecule has 0 aromatic heterocycles. The minimum Gasteiger partial charge on any atom is -0.489 e. The van der Waals surface area contributed by atoms with Gasteiger partial charge in [-0.3, -0.25) is 4.79 Å². The topological polar surface area (TPSA) is 50.7 Å². The number of carbonyl (C=O) groups is 1. The molecule has 124 valence electrons. The summed E-state index contributed by atoms with van der Waals surface area (Å²) in [4.78, 5) is 12.1. The number of halogens is 1. The largest absolute Gasteiger partial charge is 0.489 e. The fourth-order valence-corrected chi connectivity index (χ4v) is 2.67. The lowest BCUT2D eigenvalue weighted by Crippen LogP contribution is -2.19. The summed E-state index contributed by atoms with van der Waals surface area (Å²) in [6.07, 6.45) is 4.30. The monoisotopic (exact) mass is 342 g/mol. The second-order valence-electron chi connectivity index (χ2n) is 5.77. The van der Waals surface area contributed by atoms with Crippen molar-refractivity contribution in [1.29, 1.82) is 0 Å². The van der Waals surface area contributed by atoms with E-state index >= 15 is 0 Å². The van der Waals surface area contributed by atoms with Gasteiger partial charge in [0.15, 0.2) is 0 Å². The average Bonchev–Trinajstić information content (AvgIpc) is 3.13. The standard InChI is InChI=1S/C19H19ClN2O2/c20-16-9-11-18(12-10-16)24-13-14-5-7-15(8-6-14)19(23)22-21-17-3-1-2-4-17/h5-12H,1-4,13H2,(H,22,23). The fourth-order valence-electron chi connectivity index (χ4n) is 2.54. The molecule has 24 heavy (non-hydrogen) atoms. The van der Waals surface area contributed by atoms with E-state index in [1.165, 1.54) is 0 Å². The first-order valence-corrected chi connectivity index (χ1v) is 8.41. The van der Waals surface area contributed by atoms with E-state index in [0.717, 1.165) is 42.7 Å². The van der Waals surface area contributed by atoms with Gasteiger partial charge in [0.25, 0.3) is 5.91 Å². The lowest BCUT2D eigenvalue weighted by atomic mass is 10.1. The van der Waals surface area contributed by atoms with Crippen LogP contribution in [0.1, 0.15) is 41.6 Å². The normalized spacial score (nSPS) is 13.6. The van der Waals surface area contributed by atoms with Crippen molar-refractivity contribution >= 4 is 23.2 Å². The molecule has 0 atom stereocenters. The van der Waals surface area contributed by atoms with Gasteiger partial charge in [-0.1, -0.05) is 23.7 Å². The number of ether oxygens (including phenoxy) is 1. The van der Waals surface area contributed by atoms with Gasteiger partial charge in [-0.2, -0.15) is 5.10 Å². The zero-order chi connectivity index (χ0) is 16.8. The number of hydrogen-bond donors (Lipinski definition) is 1. The maximum absolute atomic E-state index is 12.1. The van der Waals surface area contributed by atoms with Crippen LogP contribution in [0.2, 0.25) is 5.02 Å². The van der Waals surface area contributed by atoms with Crippen molar-refractivity contribution in [2.45, 2.75) is 32.3 Å². The summed E-state index contributed by atoms with van der Waals surface area (Å²) in [5.41, 5.74) is 5.29. The Morgan fingerprint density at radius 1 is 1.04 bits per heavy atom. The van der Waals surface area contributed by atoms with Gasteiger partial charge in [-0.05, 0) is 67.6 Å². The summed E-state index contributed by atoms with van der Waals surface area (Å²) in [6.45, 7) is 0.436. The quantitative estimate of drug-likeness (QED) is 0.808. The van der Waals surface area contributed by atoms with Gasteiger partial charge in [0.2, 0.25) is 0 Å². The number of benzene rings is 2. The third-order valence-electron chi connectivity index (χ3n) is 3.93. The molecule has 0 unspecified atom stereocenters. The van der Waals surface area contributed by atoms with Crippen LogP contribution in [0, 0.1) is 0 Å². The Morgan fingerprint density at radius 2 is 1.71 bits per heavy atom. The summed E-state index contributed by atoms with van der Waals surface area (Å²) in [5.74, 6) is 0.577. The Hall–Kier alpha value is -2.33. The van der Waals surface area contributed by atoms with E-state index in [9.17, 15) is 4.79 Å². The van der Waals surface area contributed by atoms with Gasteiger partial charge in [0, 0.05) is 16.3 Å². The predicted octanol–water partition coefficient (Wildman–Crippen LogP) is 4.58. The molecule has 1 fully saturated rings. The molecule has 1 N–H and O–H groups in total. The van der Waals surface area contributed by atoms with Crippen LogP contribution in [0.15, 0.2) is 53.6 Å². The summed E-state index contributed by atoms with van der Waals surface area (Å²) >= 11 is 5.84. The van der Waals surface area contributed by atoms with Crippen LogP contribution in [0.5, 0.6) is 5.75 Å². The fraction of sp³-hybridized carbons (Fsp3) is 0.263. The molecule has 0 saturated heterocycles. The van der Waals surface area contributed by atoms with E-state index < -0.39 is 0 Å². The van der Waals surface area contributed by atoms with Crippen LogP contribution in [0.3, 0.4) is 0 Å². The van der Waals surface area contributed by atoms with Crippen molar-refractivity contribution in [1.82, 2.24) is 5.43 Å². The van der Waals surface area contributed by atoms with Crippen LogP contribution in [-0.2, 0) is 6.61 Å². The van der Waals surface area contributed by atoms with Crippen molar-refractivity contribution in [3.8, 4) is 5.75 Å². The molecule has 0 spiro atoms. The minimum absolute atomic E-state index is 0.181. The number of hydrogen-bond acceptors (Lipinski definition) is 3. The number of rotatable bonds is 5. The smallest absolute Gasteiger partial charge is 0.271 e. The number of nitrogens with zero attached hydrogens (tertiary/aromatic N) is 1. The predicted molar refractivity (Wildman–Crippen MR) is 95.6 cm³/mol. The first-order chi connectivity index (χ1) is 11.7. The molecule has 0 bridgehead atoms. The molecule has 1 aliphatic rings. The van der Waals surface area contributed by atoms with Gasteiger partial charge in [0.05, 0.1) is 0 Å². The molecule has 4 nitrogen and oxygen atoms in total. The first kappa shape index (κ1) is 16.5.